The van der Waals surface area contributed by atoms with E-state index in [1.54, 1.807) is 12.1 Å². The number of halogens is 4. The molecule has 2 amide bonds. The Morgan fingerprint density at radius 1 is 1.11 bits per heavy atom. The highest BCUT2D eigenvalue weighted by Crippen LogP contribution is 2.46. The van der Waals surface area contributed by atoms with Gasteiger partial charge in [-0.1, -0.05) is 17.7 Å². The minimum Gasteiger partial charge on any atom is -0.306 e. The number of benzene rings is 1. The van der Waals surface area contributed by atoms with Crippen LogP contribution in [-0.4, -0.2) is 16.0 Å². The largest absolute Gasteiger partial charge is 0.417 e. The molecule has 4 rings (SSSR count). The van der Waals surface area contributed by atoms with Crippen molar-refractivity contribution in [3.63, 3.8) is 0 Å². The second kappa shape index (κ2) is 6.94. The molecule has 0 radical (unpaired) electrons. The summed E-state index contributed by atoms with van der Waals surface area (Å²) in [5.74, 6) is 0.303. The lowest BCUT2D eigenvalue weighted by Crippen LogP contribution is -2.21. The molecule has 0 saturated heterocycles. The van der Waals surface area contributed by atoms with Crippen LogP contribution < -0.4 is 10.6 Å². The number of pyridine rings is 2. The number of anilines is 2. The van der Waals surface area contributed by atoms with Crippen LogP contribution in [0.25, 0.3) is 10.9 Å². The number of carbonyl (C=O) groups excluding carboxylic acids is 1. The molecule has 0 bridgehead atoms. The van der Waals surface area contributed by atoms with Crippen molar-refractivity contribution in [2.75, 3.05) is 10.6 Å². The van der Waals surface area contributed by atoms with Gasteiger partial charge in [-0.25, -0.2) is 4.79 Å². The van der Waals surface area contributed by atoms with Gasteiger partial charge in [0, 0.05) is 16.6 Å². The second-order valence-electron chi connectivity index (χ2n) is 6.56. The van der Waals surface area contributed by atoms with Crippen LogP contribution in [-0.2, 0) is 6.18 Å². The summed E-state index contributed by atoms with van der Waals surface area (Å²) in [6, 6.07) is 5.53. The average molecular weight is 407 g/mol. The number of amides is 2. The zero-order chi connectivity index (χ0) is 19.9. The number of hydrogen-bond donors (Lipinski definition) is 2. The van der Waals surface area contributed by atoms with Crippen molar-refractivity contribution < 1.29 is 18.0 Å². The molecule has 1 aromatic carbocycles. The first-order valence-corrected chi connectivity index (χ1v) is 8.87. The second-order valence-corrected chi connectivity index (χ2v) is 7.00. The fraction of sp³-hybridized carbons (Fsp3) is 0.211. The number of alkyl halides is 3. The Morgan fingerprint density at radius 2 is 1.89 bits per heavy atom. The maximum absolute atomic E-state index is 12.8. The molecule has 28 heavy (non-hydrogen) atoms. The van der Waals surface area contributed by atoms with Crippen molar-refractivity contribution in [1.29, 1.82) is 0 Å². The van der Waals surface area contributed by atoms with Crippen LogP contribution >= 0.6 is 11.6 Å². The highest BCUT2D eigenvalue weighted by molar-refractivity contribution is 6.31. The highest BCUT2D eigenvalue weighted by atomic mass is 35.5. The van der Waals surface area contributed by atoms with E-state index in [9.17, 15) is 18.0 Å². The monoisotopic (exact) mass is 406 g/mol. The van der Waals surface area contributed by atoms with Crippen molar-refractivity contribution in [3.05, 3.63) is 59.0 Å². The third-order valence-corrected chi connectivity index (χ3v) is 4.67. The molecule has 2 heterocycles. The summed E-state index contributed by atoms with van der Waals surface area (Å²) in [5, 5.41) is 6.54. The Morgan fingerprint density at radius 3 is 2.61 bits per heavy atom. The van der Waals surface area contributed by atoms with Crippen LogP contribution in [0.2, 0.25) is 5.02 Å². The molecule has 1 saturated carbocycles. The molecular weight excluding hydrogens is 393 g/mol. The van der Waals surface area contributed by atoms with Gasteiger partial charge >= 0.3 is 12.2 Å². The zero-order valence-electron chi connectivity index (χ0n) is 14.3. The molecule has 0 atom stereocenters. The summed E-state index contributed by atoms with van der Waals surface area (Å²) in [6.45, 7) is 0. The van der Waals surface area contributed by atoms with Crippen LogP contribution in [0.4, 0.5) is 29.3 Å². The number of urea groups is 1. The summed E-state index contributed by atoms with van der Waals surface area (Å²) in [6.07, 6.45) is 0.842. The first kappa shape index (κ1) is 18.5. The number of nitrogens with zero attached hydrogens (tertiary/aromatic N) is 2. The van der Waals surface area contributed by atoms with Gasteiger partial charge in [0.1, 0.15) is 0 Å². The van der Waals surface area contributed by atoms with Gasteiger partial charge in [-0.05, 0) is 42.5 Å². The Balaban J connectivity index is 1.59. The molecule has 144 valence electrons. The van der Waals surface area contributed by atoms with Gasteiger partial charge in [-0.2, -0.15) is 13.2 Å². The van der Waals surface area contributed by atoms with Gasteiger partial charge in [-0.3, -0.25) is 9.97 Å². The van der Waals surface area contributed by atoms with Gasteiger partial charge in [0.15, 0.2) is 0 Å². The molecule has 1 fully saturated rings. The lowest BCUT2D eigenvalue weighted by molar-refractivity contribution is -0.137. The first-order valence-electron chi connectivity index (χ1n) is 8.49. The van der Waals surface area contributed by atoms with Crippen LogP contribution in [0.5, 0.6) is 0 Å². The molecule has 2 N–H and O–H groups in total. The molecule has 5 nitrogen and oxygen atoms in total. The first-order chi connectivity index (χ1) is 13.3. The number of nitrogens with one attached hydrogen (secondary N) is 2. The van der Waals surface area contributed by atoms with Crippen LogP contribution in [0.3, 0.4) is 0 Å². The number of rotatable bonds is 3. The predicted octanol–water partition coefficient (Wildman–Crippen LogP) is 5.82. The molecule has 0 unspecified atom stereocenters. The summed E-state index contributed by atoms with van der Waals surface area (Å²) < 4.78 is 38.4. The van der Waals surface area contributed by atoms with Gasteiger partial charge in [0.2, 0.25) is 0 Å². The summed E-state index contributed by atoms with van der Waals surface area (Å²) in [7, 11) is 0. The quantitative estimate of drug-likeness (QED) is 0.575. The van der Waals surface area contributed by atoms with Crippen LogP contribution in [0, 0.1) is 0 Å². The van der Waals surface area contributed by atoms with E-state index in [-0.39, 0.29) is 5.69 Å². The molecule has 1 aliphatic carbocycles. The lowest BCUT2D eigenvalue weighted by Gasteiger charge is -2.14. The maximum atomic E-state index is 12.8. The van der Waals surface area contributed by atoms with Crippen molar-refractivity contribution in [1.82, 2.24) is 9.97 Å². The van der Waals surface area contributed by atoms with Crippen LogP contribution in [0.15, 0.2) is 42.9 Å². The molecular formula is C19H14ClF3N4O. The third kappa shape index (κ3) is 3.87. The maximum Gasteiger partial charge on any atom is 0.417 e. The van der Waals surface area contributed by atoms with Crippen molar-refractivity contribution in [2.45, 2.75) is 24.9 Å². The summed E-state index contributed by atoms with van der Waals surface area (Å²) in [5.41, 5.74) is 1.21. The Labute approximate surface area is 162 Å². The number of aromatic nitrogens is 2. The van der Waals surface area contributed by atoms with E-state index in [2.05, 4.69) is 20.6 Å². The summed E-state index contributed by atoms with van der Waals surface area (Å²) in [4.78, 5) is 20.2. The molecule has 1 aliphatic rings. The minimum absolute atomic E-state index is 0.0548. The summed E-state index contributed by atoms with van der Waals surface area (Å²) >= 11 is 6.02. The van der Waals surface area contributed by atoms with Gasteiger partial charge in [-0.15, -0.1) is 0 Å². The number of hydrogen-bond acceptors (Lipinski definition) is 3. The third-order valence-electron chi connectivity index (χ3n) is 4.43. The molecule has 0 aliphatic heterocycles. The standard InChI is InChI=1S/C19H14ClF3N4O/c20-12-3-4-14-15(6-12)25-9-16(17(14)10-1-2-10)27-18(28)26-13-5-11(7-24-8-13)19(21,22)23/h3-10H,1-2H2,(H2,26,27,28). The van der Waals surface area contributed by atoms with Gasteiger partial charge in [0.25, 0.3) is 0 Å². The van der Waals surface area contributed by atoms with Gasteiger partial charge in [0.05, 0.1) is 34.8 Å². The number of fused-ring (bicyclic) bond motifs is 1. The normalized spacial score (nSPS) is 14.1. The van der Waals surface area contributed by atoms with E-state index in [0.717, 1.165) is 41.6 Å². The minimum atomic E-state index is -4.54. The van der Waals surface area contributed by atoms with E-state index in [4.69, 9.17) is 11.6 Å². The molecule has 2 aromatic heterocycles. The molecule has 9 heteroatoms. The van der Waals surface area contributed by atoms with Gasteiger partial charge < -0.3 is 10.6 Å². The fourth-order valence-corrected chi connectivity index (χ4v) is 3.21. The van der Waals surface area contributed by atoms with Crippen molar-refractivity contribution in [2.24, 2.45) is 0 Å². The fourth-order valence-electron chi connectivity index (χ4n) is 3.05. The van der Waals surface area contributed by atoms with Crippen LogP contribution in [0.1, 0.15) is 29.9 Å². The number of carbonyl (C=O) groups is 1. The van der Waals surface area contributed by atoms with Crippen molar-refractivity contribution in [3.8, 4) is 0 Å². The Hall–Kier alpha value is -2.87. The highest BCUT2D eigenvalue weighted by Gasteiger charge is 2.31. The van der Waals surface area contributed by atoms with E-state index in [0.29, 0.717) is 22.8 Å². The predicted molar refractivity (Wildman–Crippen MR) is 101 cm³/mol. The van der Waals surface area contributed by atoms with E-state index in [1.807, 2.05) is 6.07 Å². The van der Waals surface area contributed by atoms with E-state index in [1.165, 1.54) is 6.20 Å². The van der Waals surface area contributed by atoms with Crippen molar-refractivity contribution >= 4 is 39.9 Å². The molecule has 3 aromatic rings. The Bertz CT molecular complexity index is 1070. The average Bonchev–Trinajstić information content (AvgIpc) is 3.46. The SMILES string of the molecule is O=C(Nc1cncc(C(F)(F)F)c1)Nc1cnc2cc(Cl)ccc2c1C1CC1. The zero-order valence-corrected chi connectivity index (χ0v) is 15.1. The van der Waals surface area contributed by atoms with E-state index >= 15 is 0 Å². The lowest BCUT2D eigenvalue weighted by atomic mass is 10.0. The smallest absolute Gasteiger partial charge is 0.306 e. The molecule has 0 spiro atoms. The Kier molecular flexibility index (Phi) is 4.58. The van der Waals surface area contributed by atoms with E-state index < -0.39 is 17.8 Å². The topological polar surface area (TPSA) is 66.9 Å².